The van der Waals surface area contributed by atoms with Crippen LogP contribution in [0.2, 0.25) is 0 Å². The molecule has 3 aromatic rings. The zero-order chi connectivity index (χ0) is 14.4. The standard InChI is InChI=1S/C14H15BrN4S/c1-7-8(2)19(6-10-4-5-11(15)20-10)14-12(7)13(16)17-9(3)18-14/h4-5H,6H2,1-3H3,(H2,16,17,18). The summed E-state index contributed by atoms with van der Waals surface area (Å²) >= 11 is 5.24. The van der Waals surface area contributed by atoms with E-state index < -0.39 is 0 Å². The van der Waals surface area contributed by atoms with Gasteiger partial charge in [0.2, 0.25) is 0 Å². The number of nitrogens with zero attached hydrogens (tertiary/aromatic N) is 3. The number of halogens is 1. The van der Waals surface area contributed by atoms with Crippen LogP contribution in [-0.4, -0.2) is 14.5 Å². The SMILES string of the molecule is Cc1nc(N)c2c(C)c(C)n(Cc3ccc(Br)s3)c2n1. The van der Waals surface area contributed by atoms with Gasteiger partial charge in [-0.05, 0) is 54.4 Å². The van der Waals surface area contributed by atoms with Crippen LogP contribution < -0.4 is 5.73 Å². The van der Waals surface area contributed by atoms with Crippen molar-refractivity contribution in [3.05, 3.63) is 37.9 Å². The molecule has 3 heterocycles. The third-order valence-electron chi connectivity index (χ3n) is 3.55. The highest BCUT2D eigenvalue weighted by Crippen LogP contribution is 2.30. The molecule has 0 radical (unpaired) electrons. The predicted molar refractivity (Wildman–Crippen MR) is 87.3 cm³/mol. The second-order valence-corrected chi connectivity index (χ2v) is 7.40. The Balaban J connectivity index is 2.22. The molecule has 0 fully saturated rings. The van der Waals surface area contributed by atoms with Gasteiger partial charge < -0.3 is 10.3 Å². The maximum absolute atomic E-state index is 6.07. The van der Waals surface area contributed by atoms with Gasteiger partial charge in [-0.15, -0.1) is 11.3 Å². The fraction of sp³-hybridized carbons (Fsp3) is 0.286. The minimum absolute atomic E-state index is 0.569. The van der Waals surface area contributed by atoms with Gasteiger partial charge in [0.25, 0.3) is 0 Å². The van der Waals surface area contributed by atoms with Crippen molar-refractivity contribution in [1.82, 2.24) is 14.5 Å². The molecular formula is C14H15BrN4S. The molecule has 0 aliphatic carbocycles. The highest BCUT2D eigenvalue weighted by molar-refractivity contribution is 9.11. The molecule has 0 atom stereocenters. The molecule has 2 N–H and O–H groups in total. The van der Waals surface area contributed by atoms with Crippen LogP contribution in [0.4, 0.5) is 5.82 Å². The van der Waals surface area contributed by atoms with Gasteiger partial charge >= 0.3 is 0 Å². The first-order chi connectivity index (χ1) is 9.47. The van der Waals surface area contributed by atoms with Crippen LogP contribution in [0, 0.1) is 20.8 Å². The lowest BCUT2D eigenvalue weighted by molar-refractivity contribution is 0.799. The Morgan fingerprint density at radius 3 is 2.65 bits per heavy atom. The zero-order valence-electron chi connectivity index (χ0n) is 11.6. The number of aromatic nitrogens is 3. The van der Waals surface area contributed by atoms with E-state index in [0.29, 0.717) is 11.6 Å². The van der Waals surface area contributed by atoms with Crippen molar-refractivity contribution in [2.75, 3.05) is 5.73 Å². The predicted octanol–water partition coefficient (Wildman–Crippen LogP) is 3.81. The summed E-state index contributed by atoms with van der Waals surface area (Å²) < 4.78 is 3.36. The average molecular weight is 351 g/mol. The maximum Gasteiger partial charge on any atom is 0.146 e. The van der Waals surface area contributed by atoms with Crippen molar-refractivity contribution in [2.45, 2.75) is 27.3 Å². The van der Waals surface area contributed by atoms with Crippen molar-refractivity contribution >= 4 is 44.1 Å². The lowest BCUT2D eigenvalue weighted by atomic mass is 10.2. The molecule has 104 valence electrons. The summed E-state index contributed by atoms with van der Waals surface area (Å²) in [6.45, 7) is 6.86. The molecule has 0 aliphatic heterocycles. The fourth-order valence-corrected chi connectivity index (χ4v) is 3.93. The molecule has 0 aliphatic rings. The van der Waals surface area contributed by atoms with Crippen LogP contribution in [-0.2, 0) is 6.54 Å². The number of fused-ring (bicyclic) bond motifs is 1. The van der Waals surface area contributed by atoms with Gasteiger partial charge in [0.15, 0.2) is 0 Å². The molecule has 3 rings (SSSR count). The van der Waals surface area contributed by atoms with Gasteiger partial charge in [0.05, 0.1) is 15.7 Å². The summed E-state index contributed by atoms with van der Waals surface area (Å²) in [5, 5.41) is 0.976. The molecule has 0 saturated carbocycles. The average Bonchev–Trinajstić information content (AvgIpc) is 2.87. The molecule has 0 amide bonds. The Morgan fingerprint density at radius 1 is 1.25 bits per heavy atom. The summed E-state index contributed by atoms with van der Waals surface area (Å²) in [6, 6.07) is 4.20. The number of rotatable bonds is 2. The lowest BCUT2D eigenvalue weighted by Crippen LogP contribution is -2.03. The molecule has 6 heteroatoms. The first-order valence-corrected chi connectivity index (χ1v) is 7.92. The second-order valence-electron chi connectivity index (χ2n) is 4.86. The summed E-state index contributed by atoms with van der Waals surface area (Å²) in [5.41, 5.74) is 9.34. The van der Waals surface area contributed by atoms with Crippen LogP contribution in [0.5, 0.6) is 0 Å². The van der Waals surface area contributed by atoms with Crippen molar-refractivity contribution in [2.24, 2.45) is 0 Å². The van der Waals surface area contributed by atoms with E-state index in [4.69, 9.17) is 5.73 Å². The normalized spacial score (nSPS) is 11.4. The number of thiophene rings is 1. The third-order valence-corrected chi connectivity index (χ3v) is 5.16. The Kier molecular flexibility index (Phi) is 3.30. The molecule has 3 aromatic heterocycles. The number of hydrogen-bond donors (Lipinski definition) is 1. The molecule has 0 spiro atoms. The Bertz CT molecular complexity index is 803. The molecule has 20 heavy (non-hydrogen) atoms. The van der Waals surface area contributed by atoms with E-state index in [-0.39, 0.29) is 0 Å². The van der Waals surface area contributed by atoms with E-state index >= 15 is 0 Å². The highest BCUT2D eigenvalue weighted by Gasteiger charge is 2.16. The van der Waals surface area contributed by atoms with Gasteiger partial charge in [0.1, 0.15) is 17.3 Å². The second kappa shape index (κ2) is 4.86. The fourth-order valence-electron chi connectivity index (χ4n) is 2.46. The minimum atomic E-state index is 0.569. The number of nitrogen functional groups attached to an aromatic ring is 1. The van der Waals surface area contributed by atoms with E-state index in [9.17, 15) is 0 Å². The first-order valence-electron chi connectivity index (χ1n) is 6.31. The van der Waals surface area contributed by atoms with Crippen LogP contribution in [0.25, 0.3) is 11.0 Å². The maximum atomic E-state index is 6.07. The summed E-state index contributed by atoms with van der Waals surface area (Å²) in [7, 11) is 0. The molecular weight excluding hydrogens is 336 g/mol. The topological polar surface area (TPSA) is 56.7 Å². The van der Waals surface area contributed by atoms with Gasteiger partial charge in [-0.1, -0.05) is 0 Å². The molecule has 0 aromatic carbocycles. The van der Waals surface area contributed by atoms with Gasteiger partial charge in [-0.25, -0.2) is 9.97 Å². The number of anilines is 1. The quantitative estimate of drug-likeness (QED) is 0.764. The third kappa shape index (κ3) is 2.13. The van der Waals surface area contributed by atoms with Crippen molar-refractivity contribution in [3.8, 4) is 0 Å². The number of aryl methyl sites for hydroxylation is 2. The lowest BCUT2D eigenvalue weighted by Gasteiger charge is -2.06. The van der Waals surface area contributed by atoms with E-state index in [1.807, 2.05) is 6.92 Å². The smallest absolute Gasteiger partial charge is 0.146 e. The van der Waals surface area contributed by atoms with E-state index in [2.05, 4.69) is 56.4 Å². The summed E-state index contributed by atoms with van der Waals surface area (Å²) in [5.74, 6) is 1.28. The molecule has 0 bridgehead atoms. The number of hydrogen-bond acceptors (Lipinski definition) is 4. The van der Waals surface area contributed by atoms with Crippen molar-refractivity contribution < 1.29 is 0 Å². The minimum Gasteiger partial charge on any atom is -0.383 e. The zero-order valence-corrected chi connectivity index (χ0v) is 14.0. The van der Waals surface area contributed by atoms with E-state index in [1.54, 1.807) is 11.3 Å². The Morgan fingerprint density at radius 2 is 2.00 bits per heavy atom. The highest BCUT2D eigenvalue weighted by atomic mass is 79.9. The molecule has 4 nitrogen and oxygen atoms in total. The van der Waals surface area contributed by atoms with Crippen LogP contribution in [0.15, 0.2) is 15.9 Å². The molecule has 0 saturated heterocycles. The van der Waals surface area contributed by atoms with Gasteiger partial charge in [-0.2, -0.15) is 0 Å². The Hall–Kier alpha value is -1.40. The monoisotopic (exact) mass is 350 g/mol. The van der Waals surface area contributed by atoms with Crippen molar-refractivity contribution in [3.63, 3.8) is 0 Å². The van der Waals surface area contributed by atoms with Crippen LogP contribution in [0.3, 0.4) is 0 Å². The summed E-state index contributed by atoms with van der Waals surface area (Å²) in [6.07, 6.45) is 0. The van der Waals surface area contributed by atoms with Crippen LogP contribution in [0.1, 0.15) is 22.0 Å². The Labute approximate surface area is 129 Å². The molecule has 0 unspecified atom stereocenters. The summed E-state index contributed by atoms with van der Waals surface area (Å²) in [4.78, 5) is 10.1. The van der Waals surface area contributed by atoms with Gasteiger partial charge in [0, 0.05) is 10.6 Å². The van der Waals surface area contributed by atoms with E-state index in [0.717, 1.165) is 26.9 Å². The first kappa shape index (κ1) is 13.6. The van der Waals surface area contributed by atoms with Gasteiger partial charge in [-0.3, -0.25) is 0 Å². The van der Waals surface area contributed by atoms with Crippen molar-refractivity contribution in [1.29, 1.82) is 0 Å². The van der Waals surface area contributed by atoms with Crippen LogP contribution >= 0.6 is 27.3 Å². The number of nitrogens with two attached hydrogens (primary N) is 1. The van der Waals surface area contributed by atoms with E-state index in [1.165, 1.54) is 10.6 Å². The largest absolute Gasteiger partial charge is 0.383 e.